The largest absolute Gasteiger partial charge is 0.334 e. The van der Waals surface area contributed by atoms with Crippen molar-refractivity contribution >= 4 is 5.91 Å². The van der Waals surface area contributed by atoms with Crippen LogP contribution in [0.2, 0.25) is 0 Å². The summed E-state index contributed by atoms with van der Waals surface area (Å²) < 4.78 is 0. The molecule has 0 aromatic heterocycles. The summed E-state index contributed by atoms with van der Waals surface area (Å²) >= 11 is 0. The summed E-state index contributed by atoms with van der Waals surface area (Å²) in [5, 5.41) is 0. The zero-order valence-corrected chi connectivity index (χ0v) is 12.2. The Hall–Kier alpha value is -1.61. The van der Waals surface area contributed by atoms with E-state index in [0.717, 1.165) is 5.56 Å². The van der Waals surface area contributed by atoms with Crippen LogP contribution in [-0.4, -0.2) is 22.9 Å². The molecule has 0 radical (unpaired) electrons. The SMILES string of the molecule is C=CCC(N)C(=O)N(Cc1ccccc1)C(C)C1CC1. The summed E-state index contributed by atoms with van der Waals surface area (Å²) in [5.74, 6) is 0.673. The molecule has 1 aromatic carbocycles. The molecule has 3 heteroatoms. The van der Waals surface area contributed by atoms with E-state index in [1.54, 1.807) is 6.08 Å². The Morgan fingerprint density at radius 2 is 2.10 bits per heavy atom. The lowest BCUT2D eigenvalue weighted by atomic mass is 10.1. The highest BCUT2D eigenvalue weighted by atomic mass is 16.2. The summed E-state index contributed by atoms with van der Waals surface area (Å²) in [7, 11) is 0. The van der Waals surface area contributed by atoms with Crippen LogP contribution in [0.4, 0.5) is 0 Å². The summed E-state index contributed by atoms with van der Waals surface area (Å²) in [4.78, 5) is 14.5. The molecule has 20 heavy (non-hydrogen) atoms. The third kappa shape index (κ3) is 3.70. The summed E-state index contributed by atoms with van der Waals surface area (Å²) in [6.45, 7) is 6.45. The molecule has 1 amide bonds. The molecule has 2 atom stereocenters. The monoisotopic (exact) mass is 272 g/mol. The van der Waals surface area contributed by atoms with Crippen LogP contribution >= 0.6 is 0 Å². The Morgan fingerprint density at radius 3 is 2.65 bits per heavy atom. The number of nitrogens with two attached hydrogens (primary N) is 1. The van der Waals surface area contributed by atoms with Crippen LogP contribution < -0.4 is 5.73 Å². The van der Waals surface area contributed by atoms with Gasteiger partial charge in [-0.25, -0.2) is 0 Å². The van der Waals surface area contributed by atoms with E-state index in [4.69, 9.17) is 5.73 Å². The molecule has 0 bridgehead atoms. The third-order valence-corrected chi connectivity index (χ3v) is 4.01. The van der Waals surface area contributed by atoms with Crippen molar-refractivity contribution in [3.05, 3.63) is 48.6 Å². The van der Waals surface area contributed by atoms with E-state index in [2.05, 4.69) is 25.6 Å². The van der Waals surface area contributed by atoms with E-state index >= 15 is 0 Å². The zero-order chi connectivity index (χ0) is 14.5. The highest BCUT2D eigenvalue weighted by Crippen LogP contribution is 2.35. The van der Waals surface area contributed by atoms with Gasteiger partial charge in [0.05, 0.1) is 6.04 Å². The van der Waals surface area contributed by atoms with Gasteiger partial charge < -0.3 is 10.6 Å². The fourth-order valence-corrected chi connectivity index (χ4v) is 2.53. The van der Waals surface area contributed by atoms with E-state index < -0.39 is 6.04 Å². The second-order valence-corrected chi connectivity index (χ2v) is 5.66. The van der Waals surface area contributed by atoms with Crippen LogP contribution in [0.15, 0.2) is 43.0 Å². The molecule has 2 N–H and O–H groups in total. The van der Waals surface area contributed by atoms with Crippen molar-refractivity contribution in [3.8, 4) is 0 Å². The second-order valence-electron chi connectivity index (χ2n) is 5.66. The standard InChI is InChI=1S/C17H24N2O/c1-3-7-16(18)17(20)19(13(2)15-10-11-15)12-14-8-5-4-6-9-14/h3-6,8-9,13,15-16H,1,7,10-12,18H2,2H3. The molecule has 1 aliphatic rings. The molecule has 0 heterocycles. The highest BCUT2D eigenvalue weighted by molar-refractivity contribution is 5.82. The van der Waals surface area contributed by atoms with Gasteiger partial charge in [0.25, 0.3) is 0 Å². The fourth-order valence-electron chi connectivity index (χ4n) is 2.53. The Labute approximate surface area is 121 Å². The Balaban J connectivity index is 2.11. The van der Waals surface area contributed by atoms with Crippen LogP contribution in [0, 0.1) is 5.92 Å². The molecule has 0 spiro atoms. The minimum absolute atomic E-state index is 0.0353. The Bertz CT molecular complexity index is 453. The van der Waals surface area contributed by atoms with Crippen LogP contribution in [0.5, 0.6) is 0 Å². The van der Waals surface area contributed by atoms with E-state index in [9.17, 15) is 4.79 Å². The maximum absolute atomic E-state index is 12.6. The van der Waals surface area contributed by atoms with E-state index in [0.29, 0.717) is 18.9 Å². The van der Waals surface area contributed by atoms with Crippen molar-refractivity contribution in [1.29, 1.82) is 0 Å². The molecular formula is C17H24N2O. The summed E-state index contributed by atoms with van der Waals surface area (Å²) in [5.41, 5.74) is 7.13. The van der Waals surface area contributed by atoms with Gasteiger partial charge >= 0.3 is 0 Å². The molecular weight excluding hydrogens is 248 g/mol. The topological polar surface area (TPSA) is 46.3 Å². The number of hydrogen-bond donors (Lipinski definition) is 1. The van der Waals surface area contributed by atoms with E-state index in [1.807, 2.05) is 23.1 Å². The van der Waals surface area contributed by atoms with Crippen molar-refractivity contribution in [2.24, 2.45) is 11.7 Å². The molecule has 3 nitrogen and oxygen atoms in total. The van der Waals surface area contributed by atoms with Gasteiger partial charge in [-0.3, -0.25) is 4.79 Å². The molecule has 0 aliphatic heterocycles. The van der Waals surface area contributed by atoms with Gasteiger partial charge in [-0.2, -0.15) is 0 Å². The first-order chi connectivity index (χ1) is 9.63. The lowest BCUT2D eigenvalue weighted by molar-refractivity contribution is -0.135. The predicted octanol–water partition coefficient (Wildman–Crippen LogP) is 2.72. The molecule has 1 fully saturated rings. The van der Waals surface area contributed by atoms with Crippen LogP contribution in [0.25, 0.3) is 0 Å². The first kappa shape index (κ1) is 14.8. The number of rotatable bonds is 7. The number of carbonyl (C=O) groups is 1. The van der Waals surface area contributed by atoms with E-state index in [-0.39, 0.29) is 11.9 Å². The number of hydrogen-bond acceptors (Lipinski definition) is 2. The fraction of sp³-hybridized carbons (Fsp3) is 0.471. The molecule has 2 rings (SSSR count). The van der Waals surface area contributed by atoms with Gasteiger partial charge in [0.1, 0.15) is 0 Å². The van der Waals surface area contributed by atoms with Gasteiger partial charge in [0, 0.05) is 12.6 Å². The molecule has 0 saturated heterocycles. The highest BCUT2D eigenvalue weighted by Gasteiger charge is 2.35. The molecule has 2 unspecified atom stereocenters. The Kier molecular flexibility index (Phi) is 4.96. The average molecular weight is 272 g/mol. The minimum Gasteiger partial charge on any atom is -0.334 e. The first-order valence-corrected chi connectivity index (χ1v) is 7.34. The van der Waals surface area contributed by atoms with Gasteiger partial charge in [-0.05, 0) is 37.7 Å². The lowest BCUT2D eigenvalue weighted by Crippen LogP contribution is -2.47. The number of carbonyl (C=O) groups excluding carboxylic acids is 1. The molecule has 1 saturated carbocycles. The molecule has 1 aromatic rings. The predicted molar refractivity (Wildman–Crippen MR) is 82.0 cm³/mol. The third-order valence-electron chi connectivity index (χ3n) is 4.01. The van der Waals surface area contributed by atoms with Gasteiger partial charge in [0.15, 0.2) is 0 Å². The number of nitrogens with zero attached hydrogens (tertiary/aromatic N) is 1. The van der Waals surface area contributed by atoms with Gasteiger partial charge in [0.2, 0.25) is 5.91 Å². The normalized spacial score (nSPS) is 17.3. The smallest absolute Gasteiger partial charge is 0.240 e. The average Bonchev–Trinajstić information content (AvgIpc) is 3.29. The maximum atomic E-state index is 12.6. The van der Waals surface area contributed by atoms with Crippen molar-refractivity contribution in [1.82, 2.24) is 4.90 Å². The van der Waals surface area contributed by atoms with E-state index in [1.165, 1.54) is 12.8 Å². The van der Waals surface area contributed by atoms with Crippen molar-refractivity contribution in [2.45, 2.75) is 44.8 Å². The second kappa shape index (κ2) is 6.71. The van der Waals surface area contributed by atoms with Gasteiger partial charge in [-0.15, -0.1) is 6.58 Å². The molecule has 108 valence electrons. The number of amides is 1. The number of benzene rings is 1. The van der Waals surface area contributed by atoms with Crippen LogP contribution in [0.1, 0.15) is 31.7 Å². The first-order valence-electron chi connectivity index (χ1n) is 7.34. The quantitative estimate of drug-likeness (QED) is 0.776. The van der Waals surface area contributed by atoms with Crippen molar-refractivity contribution in [3.63, 3.8) is 0 Å². The molecule has 1 aliphatic carbocycles. The van der Waals surface area contributed by atoms with Crippen molar-refractivity contribution in [2.75, 3.05) is 0 Å². The lowest BCUT2D eigenvalue weighted by Gasteiger charge is -2.31. The summed E-state index contributed by atoms with van der Waals surface area (Å²) in [6.07, 6.45) is 4.68. The van der Waals surface area contributed by atoms with Crippen molar-refractivity contribution < 1.29 is 4.79 Å². The minimum atomic E-state index is -0.475. The maximum Gasteiger partial charge on any atom is 0.240 e. The summed E-state index contributed by atoms with van der Waals surface area (Å²) in [6, 6.07) is 9.89. The Morgan fingerprint density at radius 1 is 1.45 bits per heavy atom. The van der Waals surface area contributed by atoms with Crippen LogP contribution in [-0.2, 0) is 11.3 Å². The van der Waals surface area contributed by atoms with Gasteiger partial charge in [-0.1, -0.05) is 36.4 Å². The zero-order valence-electron chi connectivity index (χ0n) is 12.2. The van der Waals surface area contributed by atoms with Crippen LogP contribution in [0.3, 0.4) is 0 Å².